The highest BCUT2D eigenvalue weighted by atomic mass is 19.1. The van der Waals surface area contributed by atoms with E-state index in [1.165, 1.54) is 24.3 Å². The number of hydrogen-bond acceptors (Lipinski definition) is 5. The summed E-state index contributed by atoms with van der Waals surface area (Å²) in [5, 5.41) is 0. The van der Waals surface area contributed by atoms with Gasteiger partial charge in [-0.05, 0) is 45.9 Å². The van der Waals surface area contributed by atoms with Gasteiger partial charge in [0, 0.05) is 17.7 Å². The molecule has 5 rings (SSSR count). The standard InChI is InChI=1S/C26H22F2O5/c1-13(2)30-23-11-21-17(9-19(23)27)26(16-8-6-5-7-15(16)25(29)33-26)18-10-20(28)24(31-14(3)4)12-22(18)32-21/h5-14H,1-4H3. The molecular weight excluding hydrogens is 430 g/mol. The maximum absolute atomic E-state index is 15.1. The van der Waals surface area contributed by atoms with Crippen molar-refractivity contribution in [3.63, 3.8) is 0 Å². The molecule has 0 atom stereocenters. The van der Waals surface area contributed by atoms with Gasteiger partial charge < -0.3 is 18.9 Å². The topological polar surface area (TPSA) is 54.0 Å². The van der Waals surface area contributed by atoms with Gasteiger partial charge in [0.1, 0.15) is 11.5 Å². The minimum Gasteiger partial charge on any atom is -0.488 e. The van der Waals surface area contributed by atoms with E-state index in [-0.39, 0.29) is 46.3 Å². The van der Waals surface area contributed by atoms with E-state index in [1.54, 1.807) is 52.0 Å². The van der Waals surface area contributed by atoms with E-state index >= 15 is 8.78 Å². The van der Waals surface area contributed by atoms with Gasteiger partial charge in [0.15, 0.2) is 28.7 Å². The van der Waals surface area contributed by atoms with E-state index in [0.29, 0.717) is 11.1 Å². The molecule has 0 aromatic heterocycles. The van der Waals surface area contributed by atoms with Crippen LogP contribution >= 0.6 is 0 Å². The summed E-state index contributed by atoms with van der Waals surface area (Å²) in [4.78, 5) is 12.9. The molecule has 0 saturated heterocycles. The number of halogens is 2. The van der Waals surface area contributed by atoms with E-state index in [0.717, 1.165) is 0 Å². The summed E-state index contributed by atoms with van der Waals surface area (Å²) in [5.41, 5.74) is -0.278. The number of esters is 1. The lowest BCUT2D eigenvalue weighted by molar-refractivity contribution is 0.0221. The number of hydrogen-bond donors (Lipinski definition) is 0. The molecular formula is C26H22F2O5. The van der Waals surface area contributed by atoms with Crippen molar-refractivity contribution in [3.05, 3.63) is 82.4 Å². The first-order chi connectivity index (χ1) is 15.7. The lowest BCUT2D eigenvalue weighted by Crippen LogP contribution is -2.33. The second-order valence-corrected chi connectivity index (χ2v) is 8.61. The molecule has 2 aliphatic rings. The van der Waals surface area contributed by atoms with Gasteiger partial charge in [0.25, 0.3) is 0 Å². The molecule has 0 radical (unpaired) electrons. The summed E-state index contributed by atoms with van der Waals surface area (Å²) in [7, 11) is 0. The first-order valence-corrected chi connectivity index (χ1v) is 10.7. The molecule has 5 nitrogen and oxygen atoms in total. The van der Waals surface area contributed by atoms with Crippen molar-refractivity contribution in [3.8, 4) is 23.0 Å². The third kappa shape index (κ3) is 3.22. The molecule has 7 heteroatoms. The second kappa shape index (κ2) is 7.47. The molecule has 0 fully saturated rings. The molecule has 0 aliphatic carbocycles. The van der Waals surface area contributed by atoms with Crippen molar-refractivity contribution in [1.82, 2.24) is 0 Å². The fourth-order valence-electron chi connectivity index (χ4n) is 4.36. The second-order valence-electron chi connectivity index (χ2n) is 8.61. The van der Waals surface area contributed by atoms with Crippen LogP contribution in [0.15, 0.2) is 48.5 Å². The maximum atomic E-state index is 15.1. The predicted octanol–water partition coefficient (Wildman–Crippen LogP) is 6.11. The van der Waals surface area contributed by atoms with Crippen LogP contribution in [0.25, 0.3) is 0 Å². The number of carbonyl (C=O) groups excluding carboxylic acids is 1. The highest BCUT2D eigenvalue weighted by molar-refractivity contribution is 5.97. The molecule has 170 valence electrons. The Morgan fingerprint density at radius 2 is 1.30 bits per heavy atom. The Labute approximate surface area is 189 Å². The third-order valence-corrected chi connectivity index (χ3v) is 5.54. The van der Waals surface area contributed by atoms with Gasteiger partial charge in [-0.2, -0.15) is 0 Å². The van der Waals surface area contributed by atoms with E-state index in [1.807, 2.05) is 0 Å². The largest absolute Gasteiger partial charge is 0.488 e. The maximum Gasteiger partial charge on any atom is 0.340 e. The van der Waals surface area contributed by atoms with Crippen LogP contribution in [-0.2, 0) is 10.3 Å². The molecule has 33 heavy (non-hydrogen) atoms. The molecule has 1 spiro atoms. The van der Waals surface area contributed by atoms with Crippen molar-refractivity contribution in [2.24, 2.45) is 0 Å². The highest BCUT2D eigenvalue weighted by Crippen LogP contribution is 2.57. The monoisotopic (exact) mass is 452 g/mol. The molecule has 2 aliphatic heterocycles. The Morgan fingerprint density at radius 1 is 0.788 bits per heavy atom. The van der Waals surface area contributed by atoms with Gasteiger partial charge in [0.2, 0.25) is 0 Å². The summed E-state index contributed by atoms with van der Waals surface area (Å²) in [6, 6.07) is 12.1. The van der Waals surface area contributed by atoms with Gasteiger partial charge >= 0.3 is 5.97 Å². The van der Waals surface area contributed by atoms with Gasteiger partial charge in [-0.25, -0.2) is 13.6 Å². The average molecular weight is 452 g/mol. The number of ether oxygens (including phenoxy) is 4. The van der Waals surface area contributed by atoms with Crippen LogP contribution in [0.3, 0.4) is 0 Å². The SMILES string of the molecule is CC(C)Oc1cc2c(cc1F)C1(OC(=O)c3ccccc31)c1cc(F)c(OC(C)C)cc1O2. The zero-order chi connectivity index (χ0) is 23.5. The normalized spacial score (nSPS) is 15.1. The third-order valence-electron chi connectivity index (χ3n) is 5.54. The van der Waals surface area contributed by atoms with Gasteiger partial charge in [-0.1, -0.05) is 18.2 Å². The Balaban J connectivity index is 1.81. The van der Waals surface area contributed by atoms with Crippen LogP contribution in [0, 0.1) is 11.6 Å². The molecule has 0 N–H and O–H groups in total. The van der Waals surface area contributed by atoms with Crippen molar-refractivity contribution in [1.29, 1.82) is 0 Å². The first kappa shape index (κ1) is 21.2. The van der Waals surface area contributed by atoms with Gasteiger partial charge in [-0.15, -0.1) is 0 Å². The molecule has 2 heterocycles. The molecule has 3 aromatic carbocycles. The Bertz CT molecular complexity index is 1220. The zero-order valence-electron chi connectivity index (χ0n) is 18.6. The molecule has 3 aromatic rings. The number of benzene rings is 3. The fraction of sp³-hybridized carbons (Fsp3) is 0.269. The highest BCUT2D eigenvalue weighted by Gasteiger charge is 2.54. The number of fused-ring (bicyclic) bond motifs is 6. The summed E-state index contributed by atoms with van der Waals surface area (Å²) >= 11 is 0. The summed E-state index contributed by atoms with van der Waals surface area (Å²) in [6.07, 6.45) is -0.542. The minimum atomic E-state index is -1.58. The fourth-order valence-corrected chi connectivity index (χ4v) is 4.36. The summed E-state index contributed by atoms with van der Waals surface area (Å²) in [5.74, 6) is -1.39. The Kier molecular flexibility index (Phi) is 4.81. The van der Waals surface area contributed by atoms with E-state index in [9.17, 15) is 4.79 Å². The molecule has 0 bridgehead atoms. The number of carbonyl (C=O) groups is 1. The molecule has 0 amide bonds. The minimum absolute atomic E-state index is 0.000671. The van der Waals surface area contributed by atoms with Crippen molar-refractivity contribution in [2.75, 3.05) is 0 Å². The van der Waals surface area contributed by atoms with Crippen LogP contribution in [0.4, 0.5) is 8.78 Å². The quantitative estimate of drug-likeness (QED) is 0.447. The van der Waals surface area contributed by atoms with Crippen LogP contribution in [0.1, 0.15) is 54.7 Å². The van der Waals surface area contributed by atoms with Crippen molar-refractivity contribution >= 4 is 5.97 Å². The van der Waals surface area contributed by atoms with Crippen molar-refractivity contribution < 1.29 is 32.5 Å². The lowest BCUT2D eigenvalue weighted by atomic mass is 9.77. The van der Waals surface area contributed by atoms with Crippen molar-refractivity contribution in [2.45, 2.75) is 45.5 Å². The zero-order valence-corrected chi connectivity index (χ0v) is 18.6. The number of rotatable bonds is 4. The Hall–Kier alpha value is -3.61. The van der Waals surface area contributed by atoms with Crippen LogP contribution in [0.5, 0.6) is 23.0 Å². The summed E-state index contributed by atoms with van der Waals surface area (Å²) < 4.78 is 53.4. The van der Waals surface area contributed by atoms with E-state index < -0.39 is 23.2 Å². The predicted molar refractivity (Wildman–Crippen MR) is 116 cm³/mol. The summed E-state index contributed by atoms with van der Waals surface area (Å²) in [6.45, 7) is 7.13. The smallest absolute Gasteiger partial charge is 0.340 e. The van der Waals surface area contributed by atoms with Crippen LogP contribution in [0.2, 0.25) is 0 Å². The Morgan fingerprint density at radius 3 is 1.82 bits per heavy atom. The van der Waals surface area contributed by atoms with Gasteiger partial charge in [-0.3, -0.25) is 0 Å². The molecule has 0 unspecified atom stereocenters. The first-order valence-electron chi connectivity index (χ1n) is 10.7. The molecule has 0 saturated carbocycles. The van der Waals surface area contributed by atoms with Gasteiger partial charge in [0.05, 0.1) is 28.9 Å². The van der Waals surface area contributed by atoms with E-state index in [2.05, 4.69) is 0 Å². The lowest BCUT2D eigenvalue weighted by Gasteiger charge is -2.37. The van der Waals surface area contributed by atoms with Crippen LogP contribution in [-0.4, -0.2) is 18.2 Å². The average Bonchev–Trinajstić information content (AvgIpc) is 3.04. The van der Waals surface area contributed by atoms with E-state index in [4.69, 9.17) is 18.9 Å². The van der Waals surface area contributed by atoms with Crippen LogP contribution < -0.4 is 14.2 Å².